The molecule has 1 aromatic carbocycles. The third-order valence-electron chi connectivity index (χ3n) is 3.00. The Morgan fingerprint density at radius 2 is 2.15 bits per heavy atom. The van der Waals surface area contributed by atoms with E-state index >= 15 is 0 Å². The lowest BCUT2D eigenvalue weighted by Gasteiger charge is -2.14. The van der Waals surface area contributed by atoms with Gasteiger partial charge in [0.05, 0.1) is 17.7 Å². The van der Waals surface area contributed by atoms with E-state index in [1.807, 2.05) is 30.5 Å². The lowest BCUT2D eigenvalue weighted by molar-refractivity contribution is 0.236. The van der Waals surface area contributed by atoms with Crippen molar-refractivity contribution >= 4 is 17.4 Å². The van der Waals surface area contributed by atoms with Crippen LogP contribution in [0.5, 0.6) is 0 Å². The average Bonchev–Trinajstić information content (AvgIpc) is 2.97. The van der Waals surface area contributed by atoms with Crippen LogP contribution >= 0.6 is 11.3 Å². The molecule has 5 heteroatoms. The highest BCUT2D eigenvalue weighted by Crippen LogP contribution is 2.05. The summed E-state index contributed by atoms with van der Waals surface area (Å²) in [5.74, 6) is 0. The molecule has 2 amide bonds. The van der Waals surface area contributed by atoms with Gasteiger partial charge in [-0.15, -0.1) is 11.3 Å². The molecule has 1 unspecified atom stereocenters. The molecule has 0 fully saturated rings. The molecule has 0 spiro atoms. The van der Waals surface area contributed by atoms with Crippen LogP contribution in [0.2, 0.25) is 0 Å². The van der Waals surface area contributed by atoms with E-state index in [4.69, 9.17) is 0 Å². The van der Waals surface area contributed by atoms with Gasteiger partial charge in [0.15, 0.2) is 0 Å². The van der Waals surface area contributed by atoms with Crippen molar-refractivity contribution in [2.45, 2.75) is 32.4 Å². The second-order valence-corrected chi connectivity index (χ2v) is 5.45. The molecule has 0 aliphatic heterocycles. The highest BCUT2D eigenvalue weighted by molar-refractivity contribution is 7.07. The predicted octanol–water partition coefficient (Wildman–Crippen LogP) is 2.96. The molecule has 1 aromatic heterocycles. The molecule has 106 valence electrons. The number of carbonyl (C=O) groups is 1. The molecule has 2 N–H and O–H groups in total. The van der Waals surface area contributed by atoms with Crippen LogP contribution in [0.3, 0.4) is 0 Å². The molecular weight excluding hydrogens is 270 g/mol. The fraction of sp³-hybridized carbons (Fsp3) is 0.333. The number of aryl methyl sites for hydroxylation is 1. The van der Waals surface area contributed by atoms with E-state index in [9.17, 15) is 4.79 Å². The zero-order valence-corrected chi connectivity index (χ0v) is 12.3. The summed E-state index contributed by atoms with van der Waals surface area (Å²) < 4.78 is 0. The number of aromatic nitrogens is 1. The van der Waals surface area contributed by atoms with Crippen molar-refractivity contribution in [3.05, 3.63) is 52.5 Å². The van der Waals surface area contributed by atoms with Crippen molar-refractivity contribution in [2.75, 3.05) is 0 Å². The van der Waals surface area contributed by atoms with Gasteiger partial charge in [0.1, 0.15) is 0 Å². The second kappa shape index (κ2) is 7.65. The van der Waals surface area contributed by atoms with Crippen LogP contribution in [-0.2, 0) is 13.0 Å². The molecule has 20 heavy (non-hydrogen) atoms. The van der Waals surface area contributed by atoms with Crippen molar-refractivity contribution in [1.82, 2.24) is 15.6 Å². The monoisotopic (exact) mass is 289 g/mol. The third-order valence-corrected chi connectivity index (χ3v) is 3.64. The van der Waals surface area contributed by atoms with Gasteiger partial charge in [0.25, 0.3) is 0 Å². The Morgan fingerprint density at radius 3 is 2.85 bits per heavy atom. The second-order valence-electron chi connectivity index (χ2n) is 4.73. The molecule has 0 aliphatic carbocycles. The lowest BCUT2D eigenvalue weighted by atomic mass is 10.1. The van der Waals surface area contributed by atoms with E-state index in [2.05, 4.69) is 27.8 Å². The summed E-state index contributed by atoms with van der Waals surface area (Å²) in [5.41, 5.74) is 3.95. The van der Waals surface area contributed by atoms with E-state index in [0.29, 0.717) is 6.54 Å². The number of benzene rings is 1. The molecule has 1 heterocycles. The van der Waals surface area contributed by atoms with Crippen LogP contribution in [0.4, 0.5) is 4.79 Å². The first-order chi connectivity index (χ1) is 9.74. The molecule has 2 aromatic rings. The van der Waals surface area contributed by atoms with Gasteiger partial charge in [0, 0.05) is 11.4 Å². The maximum Gasteiger partial charge on any atom is 0.315 e. The zero-order valence-electron chi connectivity index (χ0n) is 11.5. The number of hydrogen-bond donors (Lipinski definition) is 2. The van der Waals surface area contributed by atoms with Gasteiger partial charge in [-0.25, -0.2) is 9.78 Å². The van der Waals surface area contributed by atoms with E-state index in [1.165, 1.54) is 16.9 Å². The topological polar surface area (TPSA) is 54.0 Å². The largest absolute Gasteiger partial charge is 0.336 e. The summed E-state index contributed by atoms with van der Waals surface area (Å²) in [6.45, 7) is 2.49. The van der Waals surface area contributed by atoms with E-state index < -0.39 is 0 Å². The Balaban J connectivity index is 1.66. The molecule has 0 radical (unpaired) electrons. The first-order valence-corrected chi connectivity index (χ1v) is 7.63. The zero-order chi connectivity index (χ0) is 14.2. The highest BCUT2D eigenvalue weighted by atomic mass is 32.1. The van der Waals surface area contributed by atoms with Gasteiger partial charge in [-0.1, -0.05) is 30.3 Å². The molecule has 4 nitrogen and oxygen atoms in total. The average molecular weight is 289 g/mol. The van der Waals surface area contributed by atoms with Gasteiger partial charge in [-0.3, -0.25) is 0 Å². The molecule has 0 bridgehead atoms. The van der Waals surface area contributed by atoms with Gasteiger partial charge < -0.3 is 10.6 Å². The maximum atomic E-state index is 11.7. The highest BCUT2D eigenvalue weighted by Gasteiger charge is 2.07. The van der Waals surface area contributed by atoms with Crippen molar-refractivity contribution in [3.63, 3.8) is 0 Å². The van der Waals surface area contributed by atoms with Gasteiger partial charge in [-0.2, -0.15) is 0 Å². The molecule has 1 atom stereocenters. The van der Waals surface area contributed by atoms with Crippen LogP contribution in [0.25, 0.3) is 0 Å². The number of thiazole rings is 1. The number of hydrogen-bond acceptors (Lipinski definition) is 3. The van der Waals surface area contributed by atoms with Crippen molar-refractivity contribution in [1.29, 1.82) is 0 Å². The van der Waals surface area contributed by atoms with Gasteiger partial charge >= 0.3 is 6.03 Å². The Bertz CT molecular complexity index is 513. The summed E-state index contributed by atoms with van der Waals surface area (Å²) in [5, 5.41) is 7.68. The predicted molar refractivity (Wildman–Crippen MR) is 81.7 cm³/mol. The van der Waals surface area contributed by atoms with Gasteiger partial charge in [-0.05, 0) is 25.3 Å². The molecule has 0 saturated heterocycles. The minimum atomic E-state index is -0.140. The Kier molecular flexibility index (Phi) is 5.55. The first-order valence-electron chi connectivity index (χ1n) is 6.69. The Labute approximate surface area is 123 Å². The number of rotatable bonds is 6. The maximum absolute atomic E-state index is 11.7. The van der Waals surface area contributed by atoms with Crippen LogP contribution in [-0.4, -0.2) is 17.1 Å². The van der Waals surface area contributed by atoms with E-state index in [1.54, 1.807) is 5.51 Å². The quantitative estimate of drug-likeness (QED) is 0.859. The molecule has 0 saturated carbocycles. The molecule has 0 aliphatic rings. The smallest absolute Gasteiger partial charge is 0.315 e. The van der Waals surface area contributed by atoms with E-state index in [0.717, 1.165) is 18.5 Å². The van der Waals surface area contributed by atoms with Crippen LogP contribution in [0.15, 0.2) is 41.2 Å². The van der Waals surface area contributed by atoms with Gasteiger partial charge in [0.2, 0.25) is 0 Å². The Hall–Kier alpha value is -1.88. The summed E-state index contributed by atoms with van der Waals surface area (Å²) in [4.78, 5) is 15.8. The fourth-order valence-electron chi connectivity index (χ4n) is 1.87. The molecule has 2 rings (SSSR count). The first kappa shape index (κ1) is 14.5. The van der Waals surface area contributed by atoms with Crippen LogP contribution in [0, 0.1) is 0 Å². The Morgan fingerprint density at radius 1 is 1.35 bits per heavy atom. The van der Waals surface area contributed by atoms with E-state index in [-0.39, 0.29) is 12.1 Å². The molecular formula is C15H19N3OS. The number of nitrogens with zero attached hydrogens (tertiary/aromatic N) is 1. The number of carbonyl (C=O) groups excluding carboxylic acids is 1. The van der Waals surface area contributed by atoms with Crippen LogP contribution < -0.4 is 10.6 Å². The van der Waals surface area contributed by atoms with Crippen molar-refractivity contribution < 1.29 is 4.79 Å². The summed E-state index contributed by atoms with van der Waals surface area (Å²) in [7, 11) is 0. The minimum absolute atomic E-state index is 0.140. The number of nitrogens with one attached hydrogen (secondary N) is 2. The summed E-state index contributed by atoms with van der Waals surface area (Å²) >= 11 is 1.53. The standard InChI is InChI=1S/C15H19N3OS/c1-12(7-8-13-5-3-2-4-6-13)18-15(19)16-9-14-10-20-11-17-14/h2-6,10-12H,7-9H2,1H3,(H2,16,18,19). The third kappa shape index (κ3) is 5.01. The fourth-order valence-corrected chi connectivity index (χ4v) is 2.43. The van der Waals surface area contributed by atoms with Crippen molar-refractivity contribution in [2.24, 2.45) is 0 Å². The summed E-state index contributed by atoms with van der Waals surface area (Å²) in [6, 6.07) is 10.3. The minimum Gasteiger partial charge on any atom is -0.336 e. The summed E-state index contributed by atoms with van der Waals surface area (Å²) in [6.07, 6.45) is 1.89. The SMILES string of the molecule is CC(CCc1ccccc1)NC(=O)NCc1cscn1. The normalized spacial score (nSPS) is 11.8. The van der Waals surface area contributed by atoms with Crippen LogP contribution in [0.1, 0.15) is 24.6 Å². The van der Waals surface area contributed by atoms with Crippen molar-refractivity contribution in [3.8, 4) is 0 Å². The number of urea groups is 1. The number of amides is 2. The lowest BCUT2D eigenvalue weighted by Crippen LogP contribution is -2.40.